The zero-order chi connectivity index (χ0) is 19.6. The van der Waals surface area contributed by atoms with Crippen molar-refractivity contribution in [1.82, 2.24) is 14.9 Å². The Morgan fingerprint density at radius 3 is 2.74 bits per heavy atom. The zero-order valence-electron chi connectivity index (χ0n) is 15.6. The van der Waals surface area contributed by atoms with Gasteiger partial charge in [-0.3, -0.25) is 14.2 Å². The molecular weight excluding hydrogens is 406 g/mol. The van der Waals surface area contributed by atoms with Crippen molar-refractivity contribution < 1.29 is 4.79 Å². The molecule has 0 fully saturated rings. The van der Waals surface area contributed by atoms with Crippen LogP contribution in [-0.4, -0.2) is 22.0 Å². The number of nitrogens with zero attached hydrogens (tertiary/aromatic N) is 2. The van der Waals surface area contributed by atoms with Crippen molar-refractivity contribution in [3.05, 3.63) is 74.7 Å². The number of amides is 1. The first-order chi connectivity index (χ1) is 12.8. The van der Waals surface area contributed by atoms with Crippen molar-refractivity contribution in [2.24, 2.45) is 0 Å². The summed E-state index contributed by atoms with van der Waals surface area (Å²) in [4.78, 5) is 29.3. The van der Waals surface area contributed by atoms with E-state index in [2.05, 4.69) is 65.2 Å². The van der Waals surface area contributed by atoms with Gasteiger partial charge in [0.25, 0.3) is 5.56 Å². The molecule has 27 heavy (non-hydrogen) atoms. The normalized spacial score (nSPS) is 11.6. The molecule has 140 valence electrons. The van der Waals surface area contributed by atoms with E-state index < -0.39 is 0 Å². The molecule has 1 N–H and O–H groups in total. The molecule has 0 spiro atoms. The highest BCUT2D eigenvalue weighted by molar-refractivity contribution is 9.10. The van der Waals surface area contributed by atoms with Crippen LogP contribution < -0.4 is 10.9 Å². The summed E-state index contributed by atoms with van der Waals surface area (Å²) >= 11 is 3.36. The predicted molar refractivity (Wildman–Crippen MR) is 111 cm³/mol. The van der Waals surface area contributed by atoms with Crippen LogP contribution in [0.3, 0.4) is 0 Å². The summed E-state index contributed by atoms with van der Waals surface area (Å²) in [7, 11) is 0. The van der Waals surface area contributed by atoms with E-state index in [0.29, 0.717) is 17.4 Å². The van der Waals surface area contributed by atoms with Gasteiger partial charge in [-0.05, 0) is 30.7 Å². The molecule has 1 heterocycles. The Hall–Kier alpha value is -2.47. The Morgan fingerprint density at radius 1 is 1.22 bits per heavy atom. The number of carbonyl (C=O) groups is 1. The first-order valence-corrected chi connectivity index (χ1v) is 9.54. The molecule has 0 aliphatic rings. The summed E-state index contributed by atoms with van der Waals surface area (Å²) in [5.41, 5.74) is 2.53. The fourth-order valence-electron chi connectivity index (χ4n) is 2.94. The monoisotopic (exact) mass is 427 g/mol. The van der Waals surface area contributed by atoms with E-state index in [0.717, 1.165) is 10.0 Å². The summed E-state index contributed by atoms with van der Waals surface area (Å²) < 4.78 is 2.14. The number of benzene rings is 2. The molecule has 3 rings (SSSR count). The molecule has 5 nitrogen and oxygen atoms in total. The lowest BCUT2D eigenvalue weighted by molar-refractivity contribution is -0.121. The van der Waals surface area contributed by atoms with Crippen molar-refractivity contribution >= 4 is 32.7 Å². The van der Waals surface area contributed by atoms with Gasteiger partial charge in [-0.1, -0.05) is 59.6 Å². The van der Waals surface area contributed by atoms with Crippen molar-refractivity contribution in [3.8, 4) is 0 Å². The fourth-order valence-corrected chi connectivity index (χ4v) is 3.30. The second-order valence-electron chi connectivity index (χ2n) is 7.37. The van der Waals surface area contributed by atoms with Gasteiger partial charge >= 0.3 is 0 Å². The molecule has 0 saturated carbocycles. The lowest BCUT2D eigenvalue weighted by atomic mass is 9.84. The molecular formula is C21H22BrN3O2. The summed E-state index contributed by atoms with van der Waals surface area (Å²) in [6.45, 7) is 6.65. The second kappa shape index (κ2) is 7.64. The van der Waals surface area contributed by atoms with Crippen LogP contribution in [0.2, 0.25) is 0 Å². The molecule has 0 bridgehead atoms. The number of aromatic nitrogens is 2. The first-order valence-electron chi connectivity index (χ1n) is 8.75. The molecule has 0 aliphatic carbocycles. The lowest BCUT2D eigenvalue weighted by Crippen LogP contribution is -2.39. The summed E-state index contributed by atoms with van der Waals surface area (Å²) in [6, 6.07) is 13.6. The SMILES string of the molecule is Cc1cccc(C(C)(C)CNC(=O)Cn2cnc3ccc(Br)cc3c2=O)c1. The quantitative estimate of drug-likeness (QED) is 0.676. The van der Waals surface area contributed by atoms with Gasteiger partial charge in [-0.2, -0.15) is 0 Å². The van der Waals surface area contributed by atoms with Crippen molar-refractivity contribution in [2.75, 3.05) is 6.54 Å². The van der Waals surface area contributed by atoms with E-state index in [4.69, 9.17) is 0 Å². The molecule has 6 heteroatoms. The number of rotatable bonds is 5. The van der Waals surface area contributed by atoms with Gasteiger partial charge in [-0.15, -0.1) is 0 Å². The van der Waals surface area contributed by atoms with Gasteiger partial charge in [0.1, 0.15) is 6.54 Å². The summed E-state index contributed by atoms with van der Waals surface area (Å²) in [5, 5.41) is 3.43. The minimum Gasteiger partial charge on any atom is -0.354 e. The molecule has 0 atom stereocenters. The van der Waals surface area contributed by atoms with E-state index in [1.54, 1.807) is 12.1 Å². The average Bonchev–Trinajstić information content (AvgIpc) is 2.63. The minimum absolute atomic E-state index is 0.0574. The van der Waals surface area contributed by atoms with E-state index in [9.17, 15) is 9.59 Å². The third kappa shape index (κ3) is 4.45. The zero-order valence-corrected chi connectivity index (χ0v) is 17.2. The van der Waals surface area contributed by atoms with E-state index in [1.807, 2.05) is 12.1 Å². The number of aryl methyl sites for hydroxylation is 1. The first kappa shape index (κ1) is 19.3. The Labute approximate surface area is 166 Å². The van der Waals surface area contributed by atoms with Crippen LogP contribution in [0.1, 0.15) is 25.0 Å². The molecule has 0 unspecified atom stereocenters. The Bertz CT molecular complexity index is 1060. The topological polar surface area (TPSA) is 64.0 Å². The molecule has 0 aliphatic heterocycles. The van der Waals surface area contributed by atoms with Gasteiger partial charge < -0.3 is 5.32 Å². The summed E-state index contributed by atoms with van der Waals surface area (Å²) in [5.74, 6) is -0.214. The maximum atomic E-state index is 12.6. The van der Waals surface area contributed by atoms with Crippen molar-refractivity contribution in [2.45, 2.75) is 32.7 Å². The highest BCUT2D eigenvalue weighted by atomic mass is 79.9. The van der Waals surface area contributed by atoms with Crippen molar-refractivity contribution in [1.29, 1.82) is 0 Å². The minimum atomic E-state index is -0.227. The van der Waals surface area contributed by atoms with Crippen LogP contribution >= 0.6 is 15.9 Å². The second-order valence-corrected chi connectivity index (χ2v) is 8.28. The third-order valence-corrected chi connectivity index (χ3v) is 5.12. The Kier molecular flexibility index (Phi) is 5.46. The molecule has 1 amide bonds. The van der Waals surface area contributed by atoms with Gasteiger partial charge in [0, 0.05) is 16.4 Å². The van der Waals surface area contributed by atoms with Gasteiger partial charge in [0.2, 0.25) is 5.91 Å². The predicted octanol–water partition coefficient (Wildman–Crippen LogP) is 3.56. The maximum absolute atomic E-state index is 12.6. The molecule has 3 aromatic rings. The van der Waals surface area contributed by atoms with Gasteiger partial charge in [0.05, 0.1) is 17.2 Å². The number of hydrogen-bond acceptors (Lipinski definition) is 3. The fraction of sp³-hybridized carbons (Fsp3) is 0.286. The van der Waals surface area contributed by atoms with Gasteiger partial charge in [-0.25, -0.2) is 4.98 Å². The Morgan fingerprint density at radius 2 is 2.00 bits per heavy atom. The maximum Gasteiger partial charge on any atom is 0.261 e. The van der Waals surface area contributed by atoms with E-state index in [-0.39, 0.29) is 23.4 Å². The van der Waals surface area contributed by atoms with Crippen LogP contribution in [0.25, 0.3) is 10.9 Å². The van der Waals surface area contributed by atoms with Crippen LogP contribution in [0, 0.1) is 6.92 Å². The lowest BCUT2D eigenvalue weighted by Gasteiger charge is -2.26. The van der Waals surface area contributed by atoms with Crippen LogP contribution in [0.4, 0.5) is 0 Å². The van der Waals surface area contributed by atoms with Crippen LogP contribution in [-0.2, 0) is 16.8 Å². The number of carbonyl (C=O) groups excluding carboxylic acids is 1. The standard InChI is InChI=1S/C21H22BrN3O2/c1-14-5-4-6-15(9-14)21(2,3)12-23-19(26)11-25-13-24-18-8-7-16(22)10-17(18)20(25)27/h4-10,13H,11-12H2,1-3H3,(H,23,26). The molecule has 0 radical (unpaired) electrons. The van der Waals surface area contributed by atoms with Gasteiger partial charge in [0.15, 0.2) is 0 Å². The molecule has 1 aromatic heterocycles. The number of nitrogens with one attached hydrogen (secondary N) is 1. The smallest absolute Gasteiger partial charge is 0.261 e. The van der Waals surface area contributed by atoms with E-state index >= 15 is 0 Å². The van der Waals surface area contributed by atoms with E-state index in [1.165, 1.54) is 16.5 Å². The number of halogens is 1. The highest BCUT2D eigenvalue weighted by Gasteiger charge is 2.21. The van der Waals surface area contributed by atoms with Crippen molar-refractivity contribution in [3.63, 3.8) is 0 Å². The number of hydrogen-bond donors (Lipinski definition) is 1. The molecule has 2 aromatic carbocycles. The van der Waals surface area contributed by atoms with Crippen LogP contribution in [0.5, 0.6) is 0 Å². The highest BCUT2D eigenvalue weighted by Crippen LogP contribution is 2.23. The summed E-state index contributed by atoms with van der Waals surface area (Å²) in [6.07, 6.45) is 1.42. The number of fused-ring (bicyclic) bond motifs is 1. The third-order valence-electron chi connectivity index (χ3n) is 4.63. The van der Waals surface area contributed by atoms with Crippen LogP contribution in [0.15, 0.2) is 58.1 Å². The average molecular weight is 428 g/mol. The largest absolute Gasteiger partial charge is 0.354 e. The Balaban J connectivity index is 1.72. The molecule has 0 saturated heterocycles.